The van der Waals surface area contributed by atoms with Crippen LogP contribution in [0, 0.1) is 30.1 Å². The molecule has 2 saturated heterocycles. The minimum atomic E-state index is -1.63. The van der Waals surface area contributed by atoms with Crippen LogP contribution in [0.15, 0.2) is 42.5 Å². The number of imide groups is 1. The van der Waals surface area contributed by atoms with Crippen LogP contribution in [0.3, 0.4) is 0 Å². The number of aliphatic carboxylic acids is 1. The van der Waals surface area contributed by atoms with E-state index in [1.807, 2.05) is 6.07 Å². The number of aryl methyl sites for hydroxylation is 1. The molecule has 2 aromatic rings. The topological polar surface area (TPSA) is 110 Å². The summed E-state index contributed by atoms with van der Waals surface area (Å²) in [5, 5.41) is 22.3. The first kappa shape index (κ1) is 20.1. The van der Waals surface area contributed by atoms with E-state index in [1.165, 1.54) is 13.0 Å². The lowest BCUT2D eigenvalue weighted by molar-refractivity contribution is -0.147. The third kappa shape index (κ3) is 2.80. The molecule has 0 aromatic heterocycles. The SMILES string of the molecule is Cc1ccc(N2C(=O)C3C(c4ccc(C#N)cc4)NC(C)(C(=O)O)C3C2=O)cc1Cl. The first-order valence-electron chi connectivity index (χ1n) is 9.34. The number of amides is 2. The fourth-order valence-corrected chi connectivity index (χ4v) is 4.54. The highest BCUT2D eigenvalue weighted by Gasteiger charge is 2.66. The van der Waals surface area contributed by atoms with Gasteiger partial charge >= 0.3 is 5.97 Å². The number of halogens is 1. The molecule has 2 aliphatic rings. The van der Waals surface area contributed by atoms with Gasteiger partial charge in [-0.1, -0.05) is 29.8 Å². The highest BCUT2D eigenvalue weighted by atomic mass is 35.5. The molecule has 2 heterocycles. The van der Waals surface area contributed by atoms with Crippen molar-refractivity contribution in [3.05, 3.63) is 64.2 Å². The molecule has 7 nitrogen and oxygen atoms in total. The maximum absolute atomic E-state index is 13.4. The third-order valence-corrected chi connectivity index (χ3v) is 6.45. The number of nitrogens with one attached hydrogen (secondary N) is 1. The lowest BCUT2D eigenvalue weighted by Crippen LogP contribution is -2.53. The zero-order valence-corrected chi connectivity index (χ0v) is 17.0. The van der Waals surface area contributed by atoms with Crippen LogP contribution in [0.4, 0.5) is 5.69 Å². The third-order valence-electron chi connectivity index (χ3n) is 6.04. The average molecular weight is 424 g/mol. The highest BCUT2D eigenvalue weighted by Crippen LogP contribution is 2.49. The molecular weight excluding hydrogens is 406 g/mol. The van der Waals surface area contributed by atoms with Crippen LogP contribution in [-0.2, 0) is 14.4 Å². The first-order valence-corrected chi connectivity index (χ1v) is 9.72. The van der Waals surface area contributed by atoms with E-state index >= 15 is 0 Å². The van der Waals surface area contributed by atoms with Gasteiger partial charge in [0, 0.05) is 11.1 Å². The summed E-state index contributed by atoms with van der Waals surface area (Å²) in [5.74, 6) is -4.23. The Morgan fingerprint density at radius 3 is 2.43 bits per heavy atom. The molecule has 152 valence electrons. The largest absolute Gasteiger partial charge is 0.480 e. The van der Waals surface area contributed by atoms with Crippen molar-refractivity contribution in [1.82, 2.24) is 5.32 Å². The van der Waals surface area contributed by atoms with E-state index in [0.717, 1.165) is 10.5 Å². The molecule has 2 N–H and O–H groups in total. The van der Waals surface area contributed by atoms with E-state index in [4.69, 9.17) is 16.9 Å². The summed E-state index contributed by atoms with van der Waals surface area (Å²) in [6, 6.07) is 12.7. The van der Waals surface area contributed by atoms with Gasteiger partial charge in [0.1, 0.15) is 5.54 Å². The number of hydrogen-bond donors (Lipinski definition) is 2. The molecule has 0 radical (unpaired) electrons. The average Bonchev–Trinajstić information content (AvgIpc) is 3.18. The Bertz CT molecular complexity index is 1120. The monoisotopic (exact) mass is 423 g/mol. The van der Waals surface area contributed by atoms with Gasteiger partial charge in [0.2, 0.25) is 11.8 Å². The number of rotatable bonds is 3. The van der Waals surface area contributed by atoms with Gasteiger partial charge in [-0.2, -0.15) is 5.26 Å². The number of hydrogen-bond acceptors (Lipinski definition) is 5. The molecule has 2 fully saturated rings. The second-order valence-corrected chi connectivity index (χ2v) is 8.22. The number of carboxylic acids is 1. The van der Waals surface area contributed by atoms with E-state index in [1.54, 1.807) is 43.3 Å². The number of anilines is 1. The second kappa shape index (κ2) is 6.94. The number of fused-ring (bicyclic) bond motifs is 1. The Morgan fingerprint density at radius 1 is 1.20 bits per heavy atom. The molecule has 4 unspecified atom stereocenters. The van der Waals surface area contributed by atoms with E-state index in [0.29, 0.717) is 21.8 Å². The minimum Gasteiger partial charge on any atom is -0.480 e. The molecule has 2 aliphatic heterocycles. The van der Waals surface area contributed by atoms with Crippen molar-refractivity contribution < 1.29 is 19.5 Å². The summed E-state index contributed by atoms with van der Waals surface area (Å²) in [6.07, 6.45) is 0. The molecule has 0 bridgehead atoms. The molecule has 0 saturated carbocycles. The predicted octanol–water partition coefficient (Wildman–Crippen LogP) is 2.81. The van der Waals surface area contributed by atoms with Crippen molar-refractivity contribution in [2.45, 2.75) is 25.4 Å². The molecule has 4 atom stereocenters. The summed E-state index contributed by atoms with van der Waals surface area (Å²) >= 11 is 6.19. The van der Waals surface area contributed by atoms with Gasteiger partial charge in [-0.3, -0.25) is 19.7 Å². The fourth-order valence-electron chi connectivity index (χ4n) is 4.36. The summed E-state index contributed by atoms with van der Waals surface area (Å²) in [7, 11) is 0. The molecule has 2 amide bonds. The Labute approximate surface area is 177 Å². The van der Waals surface area contributed by atoms with Crippen molar-refractivity contribution in [2.24, 2.45) is 11.8 Å². The van der Waals surface area contributed by atoms with Gasteiger partial charge in [-0.25, -0.2) is 4.90 Å². The molecular formula is C22H18ClN3O4. The van der Waals surface area contributed by atoms with Crippen molar-refractivity contribution in [3.63, 3.8) is 0 Å². The van der Waals surface area contributed by atoms with E-state index in [9.17, 15) is 19.5 Å². The summed E-state index contributed by atoms with van der Waals surface area (Å²) < 4.78 is 0. The van der Waals surface area contributed by atoms with Gasteiger partial charge in [-0.15, -0.1) is 0 Å². The molecule has 8 heteroatoms. The number of benzene rings is 2. The van der Waals surface area contributed by atoms with Crippen molar-refractivity contribution in [2.75, 3.05) is 4.90 Å². The molecule has 30 heavy (non-hydrogen) atoms. The second-order valence-electron chi connectivity index (χ2n) is 7.81. The molecule has 0 spiro atoms. The van der Waals surface area contributed by atoms with Crippen LogP contribution in [-0.4, -0.2) is 28.4 Å². The van der Waals surface area contributed by atoms with Gasteiger partial charge in [0.15, 0.2) is 0 Å². The molecule has 4 rings (SSSR count). The fraction of sp³-hybridized carbons (Fsp3) is 0.273. The maximum Gasteiger partial charge on any atom is 0.324 e. The minimum absolute atomic E-state index is 0.321. The van der Waals surface area contributed by atoms with E-state index < -0.39 is 41.2 Å². The van der Waals surface area contributed by atoms with Gasteiger partial charge < -0.3 is 5.11 Å². The van der Waals surface area contributed by atoms with Crippen LogP contribution in [0.25, 0.3) is 0 Å². The maximum atomic E-state index is 13.4. The molecule has 2 aromatic carbocycles. The first-order chi connectivity index (χ1) is 14.2. The van der Waals surface area contributed by atoms with Crippen LogP contribution in [0.1, 0.15) is 29.7 Å². The number of nitrogens with zero attached hydrogens (tertiary/aromatic N) is 2. The van der Waals surface area contributed by atoms with E-state index in [2.05, 4.69) is 5.32 Å². The van der Waals surface area contributed by atoms with Crippen molar-refractivity contribution in [3.8, 4) is 6.07 Å². The zero-order chi connectivity index (χ0) is 21.8. The Kier molecular flexibility index (Phi) is 4.64. The molecule has 0 aliphatic carbocycles. The number of carboxylic acid groups (broad SMARTS) is 1. The number of nitriles is 1. The van der Waals surface area contributed by atoms with Crippen LogP contribution in [0.5, 0.6) is 0 Å². The quantitative estimate of drug-likeness (QED) is 0.734. The van der Waals surface area contributed by atoms with Crippen LogP contribution < -0.4 is 10.2 Å². The Morgan fingerprint density at radius 2 is 1.87 bits per heavy atom. The van der Waals surface area contributed by atoms with Crippen molar-refractivity contribution >= 4 is 35.1 Å². The standard InChI is InChI=1S/C22H18ClN3O4/c1-11-3-8-14(9-15(11)23)26-19(27)16-17(20(26)28)22(2,21(29)30)25-18(16)13-6-4-12(10-24)5-7-13/h3-9,16-18,25H,1-2H3,(H,29,30). The normalized spacial score (nSPS) is 27.8. The van der Waals surface area contributed by atoms with Gasteiger partial charge in [-0.05, 0) is 49.2 Å². The lowest BCUT2D eigenvalue weighted by atomic mass is 9.80. The Hall–Kier alpha value is -3.21. The summed E-state index contributed by atoms with van der Waals surface area (Å²) in [6.45, 7) is 3.23. The summed E-state index contributed by atoms with van der Waals surface area (Å²) in [5.41, 5.74) is 0.575. The van der Waals surface area contributed by atoms with Crippen molar-refractivity contribution in [1.29, 1.82) is 5.26 Å². The Balaban J connectivity index is 1.81. The zero-order valence-electron chi connectivity index (χ0n) is 16.2. The summed E-state index contributed by atoms with van der Waals surface area (Å²) in [4.78, 5) is 39.9. The van der Waals surface area contributed by atoms with Gasteiger partial charge in [0.25, 0.3) is 0 Å². The smallest absolute Gasteiger partial charge is 0.324 e. The lowest BCUT2D eigenvalue weighted by Gasteiger charge is -2.27. The van der Waals surface area contributed by atoms with Crippen LogP contribution in [0.2, 0.25) is 5.02 Å². The van der Waals surface area contributed by atoms with Gasteiger partial charge in [0.05, 0.1) is 29.2 Å². The predicted molar refractivity (Wildman–Crippen MR) is 109 cm³/mol. The van der Waals surface area contributed by atoms with E-state index in [-0.39, 0.29) is 0 Å². The highest BCUT2D eigenvalue weighted by molar-refractivity contribution is 6.32. The van der Waals surface area contributed by atoms with Crippen LogP contribution >= 0.6 is 11.6 Å². The number of carbonyl (C=O) groups is 3. The number of carbonyl (C=O) groups excluding carboxylic acids is 2.